The van der Waals surface area contributed by atoms with Gasteiger partial charge in [0.1, 0.15) is 11.6 Å². The Morgan fingerprint density at radius 2 is 2.11 bits per heavy atom. The van der Waals surface area contributed by atoms with Crippen LogP contribution >= 0.6 is 0 Å². The minimum atomic E-state index is -0.202. The number of aliphatic hydroxyl groups is 1. The van der Waals surface area contributed by atoms with Crippen LogP contribution in [0.1, 0.15) is 19.3 Å². The molecule has 1 amide bonds. The maximum absolute atomic E-state index is 12.0. The van der Waals surface area contributed by atoms with Crippen molar-refractivity contribution in [3.05, 3.63) is 11.8 Å². The van der Waals surface area contributed by atoms with Crippen LogP contribution in [0.5, 0.6) is 0 Å². The Morgan fingerprint density at radius 3 is 2.74 bits per heavy atom. The minimum Gasteiger partial charge on any atom is -0.396 e. The number of unbranched alkanes of at least 4 members (excludes halogenated alkanes) is 2. The van der Waals surface area contributed by atoms with Gasteiger partial charge in [0.2, 0.25) is 0 Å². The summed E-state index contributed by atoms with van der Waals surface area (Å²) < 4.78 is 0. The molecule has 106 valence electrons. The zero-order chi connectivity index (χ0) is 13.9. The molecule has 1 aliphatic heterocycles. The second-order valence-corrected chi connectivity index (χ2v) is 4.45. The Balaban J connectivity index is 2.34. The molecule has 0 aromatic carbocycles. The van der Waals surface area contributed by atoms with Gasteiger partial charge in [0.15, 0.2) is 0 Å². The first-order valence-electron chi connectivity index (χ1n) is 6.74. The average Bonchev–Trinajstić information content (AvgIpc) is 2.47. The molecule has 0 aromatic heterocycles. The van der Waals surface area contributed by atoms with Crippen LogP contribution in [0.2, 0.25) is 0 Å². The second-order valence-electron chi connectivity index (χ2n) is 4.45. The molecule has 0 saturated carbocycles. The fourth-order valence-corrected chi connectivity index (χ4v) is 1.87. The number of hydrogen-bond donors (Lipinski definition) is 3. The topological polar surface area (TPSA) is 88.4 Å². The van der Waals surface area contributed by atoms with E-state index in [-0.39, 0.29) is 18.1 Å². The van der Waals surface area contributed by atoms with Gasteiger partial charge < -0.3 is 20.6 Å². The third kappa shape index (κ3) is 5.73. The third-order valence-electron chi connectivity index (χ3n) is 2.98. The molecule has 0 radical (unpaired) electrons. The van der Waals surface area contributed by atoms with Gasteiger partial charge in [0, 0.05) is 45.5 Å². The number of amides is 1. The van der Waals surface area contributed by atoms with Crippen LogP contribution in [0, 0.1) is 11.3 Å². The number of nitrogens with zero attached hydrogens (tertiary/aromatic N) is 2. The Labute approximate surface area is 114 Å². The predicted molar refractivity (Wildman–Crippen MR) is 72.1 cm³/mol. The first-order valence-corrected chi connectivity index (χ1v) is 6.74. The van der Waals surface area contributed by atoms with Crippen molar-refractivity contribution in [3.8, 4) is 6.07 Å². The molecule has 6 heteroatoms. The highest BCUT2D eigenvalue weighted by molar-refractivity contribution is 5.97. The molecular weight excluding hydrogens is 244 g/mol. The molecule has 6 nitrogen and oxygen atoms in total. The third-order valence-corrected chi connectivity index (χ3v) is 2.98. The lowest BCUT2D eigenvalue weighted by molar-refractivity contribution is -0.127. The summed E-state index contributed by atoms with van der Waals surface area (Å²) in [4.78, 5) is 13.7. The first kappa shape index (κ1) is 15.5. The van der Waals surface area contributed by atoms with Gasteiger partial charge in [-0.2, -0.15) is 5.26 Å². The maximum Gasteiger partial charge on any atom is 0.266 e. The summed E-state index contributed by atoms with van der Waals surface area (Å²) in [6, 6.07) is 1.95. The number of nitrogens with one attached hydrogen (secondary N) is 2. The fourth-order valence-electron chi connectivity index (χ4n) is 1.87. The van der Waals surface area contributed by atoms with Crippen molar-refractivity contribution in [3.63, 3.8) is 0 Å². The molecule has 0 unspecified atom stereocenters. The lowest BCUT2D eigenvalue weighted by Crippen LogP contribution is -2.46. The number of nitriles is 1. The number of aliphatic hydroxyl groups excluding tert-OH is 1. The molecule has 19 heavy (non-hydrogen) atoms. The minimum absolute atomic E-state index is 0.157. The average molecular weight is 266 g/mol. The Morgan fingerprint density at radius 1 is 1.37 bits per heavy atom. The van der Waals surface area contributed by atoms with Crippen molar-refractivity contribution in [1.82, 2.24) is 15.5 Å². The van der Waals surface area contributed by atoms with Crippen LogP contribution in [-0.2, 0) is 4.79 Å². The molecule has 0 aliphatic carbocycles. The van der Waals surface area contributed by atoms with E-state index in [0.29, 0.717) is 19.6 Å². The maximum atomic E-state index is 12.0. The van der Waals surface area contributed by atoms with Gasteiger partial charge in [-0.1, -0.05) is 0 Å². The van der Waals surface area contributed by atoms with Crippen LogP contribution in [0.25, 0.3) is 0 Å². The summed E-state index contributed by atoms with van der Waals surface area (Å²) in [6.07, 6.45) is 4.14. The largest absolute Gasteiger partial charge is 0.396 e. The number of carbonyl (C=O) groups is 1. The van der Waals surface area contributed by atoms with Crippen LogP contribution in [0.3, 0.4) is 0 Å². The highest BCUT2D eigenvalue weighted by Crippen LogP contribution is 2.02. The number of hydrogen-bond acceptors (Lipinski definition) is 5. The van der Waals surface area contributed by atoms with Crippen LogP contribution < -0.4 is 10.6 Å². The van der Waals surface area contributed by atoms with Crippen molar-refractivity contribution in [2.45, 2.75) is 19.3 Å². The van der Waals surface area contributed by atoms with Crippen molar-refractivity contribution in [2.75, 3.05) is 39.3 Å². The predicted octanol–water partition coefficient (Wildman–Crippen LogP) is -0.422. The Kier molecular flexibility index (Phi) is 7.63. The van der Waals surface area contributed by atoms with E-state index < -0.39 is 0 Å². The summed E-state index contributed by atoms with van der Waals surface area (Å²) >= 11 is 0. The van der Waals surface area contributed by atoms with Gasteiger partial charge in [-0.15, -0.1) is 0 Å². The lowest BCUT2D eigenvalue weighted by Gasteiger charge is -2.27. The molecule has 1 saturated heterocycles. The van der Waals surface area contributed by atoms with Gasteiger partial charge >= 0.3 is 0 Å². The number of piperazine rings is 1. The molecule has 1 aliphatic rings. The summed E-state index contributed by atoms with van der Waals surface area (Å²) in [5.41, 5.74) is 0.157. The molecule has 0 atom stereocenters. The van der Waals surface area contributed by atoms with E-state index in [0.717, 1.165) is 32.4 Å². The van der Waals surface area contributed by atoms with Gasteiger partial charge in [-0.05, 0) is 19.3 Å². The van der Waals surface area contributed by atoms with Crippen LogP contribution in [0.4, 0.5) is 0 Å². The van der Waals surface area contributed by atoms with E-state index >= 15 is 0 Å². The fraction of sp³-hybridized carbons (Fsp3) is 0.692. The zero-order valence-electron chi connectivity index (χ0n) is 11.2. The molecule has 0 bridgehead atoms. The monoisotopic (exact) mass is 266 g/mol. The smallest absolute Gasteiger partial charge is 0.266 e. The summed E-state index contributed by atoms with van der Waals surface area (Å²) in [5, 5.41) is 23.8. The van der Waals surface area contributed by atoms with E-state index in [4.69, 9.17) is 10.4 Å². The highest BCUT2D eigenvalue weighted by atomic mass is 16.2. The van der Waals surface area contributed by atoms with E-state index in [1.54, 1.807) is 4.90 Å². The summed E-state index contributed by atoms with van der Waals surface area (Å²) in [6.45, 7) is 3.77. The molecule has 0 aromatic rings. The van der Waals surface area contributed by atoms with Crippen molar-refractivity contribution < 1.29 is 9.90 Å². The lowest BCUT2D eigenvalue weighted by atomic mass is 10.2. The van der Waals surface area contributed by atoms with E-state index in [1.165, 1.54) is 6.20 Å². The molecule has 0 spiro atoms. The van der Waals surface area contributed by atoms with Gasteiger partial charge in [-0.25, -0.2) is 0 Å². The molecule has 3 N–H and O–H groups in total. The standard InChI is InChI=1S/C13H22N4O2/c14-10-12(11-16-4-2-1-3-9-18)13(19)17-7-5-15-6-8-17/h11,15-16,18H,1-9H2/b12-11-. The first-order chi connectivity index (χ1) is 9.29. The molecular formula is C13H22N4O2. The number of carbonyl (C=O) groups excluding carboxylic acids is 1. The summed E-state index contributed by atoms with van der Waals surface area (Å²) in [7, 11) is 0. The van der Waals surface area contributed by atoms with Gasteiger partial charge in [0.25, 0.3) is 5.91 Å². The Hall–Kier alpha value is -1.58. The molecule has 1 rings (SSSR count). The van der Waals surface area contributed by atoms with Crippen molar-refractivity contribution >= 4 is 5.91 Å². The quantitative estimate of drug-likeness (QED) is 0.331. The van der Waals surface area contributed by atoms with Gasteiger partial charge in [0.05, 0.1) is 0 Å². The normalized spacial score (nSPS) is 16.0. The van der Waals surface area contributed by atoms with Crippen LogP contribution in [0.15, 0.2) is 11.8 Å². The van der Waals surface area contributed by atoms with E-state index in [9.17, 15) is 4.79 Å². The Bertz CT molecular complexity index is 343. The van der Waals surface area contributed by atoms with Crippen molar-refractivity contribution in [1.29, 1.82) is 5.26 Å². The SMILES string of the molecule is N#C/C(=C/NCCCCCO)C(=O)N1CCNCC1. The number of rotatable bonds is 7. The van der Waals surface area contributed by atoms with E-state index in [2.05, 4.69) is 10.6 Å². The molecule has 1 fully saturated rings. The van der Waals surface area contributed by atoms with Crippen molar-refractivity contribution in [2.24, 2.45) is 0 Å². The zero-order valence-corrected chi connectivity index (χ0v) is 11.2. The van der Waals surface area contributed by atoms with Gasteiger partial charge in [-0.3, -0.25) is 4.79 Å². The van der Waals surface area contributed by atoms with E-state index in [1.807, 2.05) is 6.07 Å². The summed E-state index contributed by atoms with van der Waals surface area (Å²) in [5.74, 6) is -0.202. The second kappa shape index (κ2) is 9.36. The highest BCUT2D eigenvalue weighted by Gasteiger charge is 2.19. The van der Waals surface area contributed by atoms with Crippen LogP contribution in [-0.4, -0.2) is 55.2 Å². The molecule has 1 heterocycles.